The summed E-state index contributed by atoms with van der Waals surface area (Å²) in [7, 11) is 2.85. The quantitative estimate of drug-likeness (QED) is 0.473. The highest BCUT2D eigenvalue weighted by molar-refractivity contribution is 6.03. The Balaban J connectivity index is 1.74. The third-order valence-electron chi connectivity index (χ3n) is 5.22. The van der Waals surface area contributed by atoms with Crippen molar-refractivity contribution in [1.82, 2.24) is 9.78 Å². The molecule has 3 aromatic rings. The Morgan fingerprint density at radius 2 is 1.57 bits per heavy atom. The summed E-state index contributed by atoms with van der Waals surface area (Å²) in [4.78, 5) is 36.9. The van der Waals surface area contributed by atoms with Crippen LogP contribution < -0.4 is 20.1 Å². The molecule has 1 aromatic heterocycles. The number of anilines is 2. The number of aromatic nitrogens is 2. The lowest BCUT2D eigenvalue weighted by Gasteiger charge is -2.14. The molecule has 0 saturated heterocycles. The first-order chi connectivity index (χ1) is 16.6. The number of rotatable bonds is 8. The van der Waals surface area contributed by atoms with Gasteiger partial charge in [0, 0.05) is 19.1 Å². The fourth-order valence-electron chi connectivity index (χ4n) is 3.49. The Kier molecular flexibility index (Phi) is 7.75. The molecule has 3 rings (SSSR count). The van der Waals surface area contributed by atoms with Gasteiger partial charge in [-0.25, -0.2) is 9.48 Å². The zero-order chi connectivity index (χ0) is 25.7. The van der Waals surface area contributed by atoms with Crippen LogP contribution in [0.1, 0.15) is 34.2 Å². The van der Waals surface area contributed by atoms with Crippen LogP contribution in [0.3, 0.4) is 0 Å². The second kappa shape index (κ2) is 10.7. The average Bonchev–Trinajstić information content (AvgIpc) is 3.10. The minimum absolute atomic E-state index is 0.0187. The van der Waals surface area contributed by atoms with Crippen molar-refractivity contribution in [3.05, 3.63) is 58.9 Å². The lowest BCUT2D eigenvalue weighted by atomic mass is 10.1. The van der Waals surface area contributed by atoms with Gasteiger partial charge >= 0.3 is 5.97 Å². The Bertz CT molecular complexity index is 1260. The largest absolute Gasteiger partial charge is 0.493 e. The molecule has 1 heterocycles. The summed E-state index contributed by atoms with van der Waals surface area (Å²) in [5, 5.41) is 9.83. The van der Waals surface area contributed by atoms with Gasteiger partial charge < -0.3 is 24.8 Å². The molecule has 2 N–H and O–H groups in total. The molecule has 10 nitrogen and oxygen atoms in total. The van der Waals surface area contributed by atoms with Crippen LogP contribution in [-0.2, 0) is 14.3 Å². The first-order valence-electron chi connectivity index (χ1n) is 10.8. The lowest BCUT2D eigenvalue weighted by molar-refractivity contribution is -0.119. The van der Waals surface area contributed by atoms with Crippen LogP contribution in [0.15, 0.2) is 36.4 Å². The van der Waals surface area contributed by atoms with Gasteiger partial charge in [0.15, 0.2) is 18.1 Å². The molecule has 0 radical (unpaired) electrons. The van der Waals surface area contributed by atoms with Crippen LogP contribution in [0.2, 0.25) is 0 Å². The molecule has 0 bridgehead atoms. The van der Waals surface area contributed by atoms with Gasteiger partial charge in [0.05, 0.1) is 48.2 Å². The number of ether oxygens (including phenoxy) is 3. The Hall–Kier alpha value is -4.34. The van der Waals surface area contributed by atoms with E-state index < -0.39 is 18.5 Å². The van der Waals surface area contributed by atoms with Crippen LogP contribution >= 0.6 is 0 Å². The molecule has 0 aliphatic carbocycles. The highest BCUT2D eigenvalue weighted by atomic mass is 16.5. The topological polar surface area (TPSA) is 121 Å². The van der Waals surface area contributed by atoms with Gasteiger partial charge in [-0.2, -0.15) is 5.10 Å². The van der Waals surface area contributed by atoms with E-state index in [1.807, 2.05) is 38.1 Å². The maximum atomic E-state index is 12.8. The van der Waals surface area contributed by atoms with Crippen LogP contribution in [0.5, 0.6) is 11.5 Å². The molecule has 2 amide bonds. The Labute approximate surface area is 203 Å². The molecule has 184 valence electrons. The highest BCUT2D eigenvalue weighted by Crippen LogP contribution is 2.34. The maximum absolute atomic E-state index is 12.8. The van der Waals surface area contributed by atoms with E-state index in [0.29, 0.717) is 17.1 Å². The molecular weight excluding hydrogens is 452 g/mol. The summed E-state index contributed by atoms with van der Waals surface area (Å²) in [6.45, 7) is 6.38. The maximum Gasteiger partial charge on any atom is 0.340 e. The van der Waals surface area contributed by atoms with Crippen molar-refractivity contribution in [3.63, 3.8) is 0 Å². The zero-order valence-electron chi connectivity index (χ0n) is 20.5. The van der Waals surface area contributed by atoms with Crippen molar-refractivity contribution < 1.29 is 28.6 Å². The number of hydrogen-bond acceptors (Lipinski definition) is 7. The molecule has 0 aliphatic heterocycles. The first-order valence-corrected chi connectivity index (χ1v) is 10.8. The van der Waals surface area contributed by atoms with E-state index in [-0.39, 0.29) is 22.9 Å². The fraction of sp³-hybridized carbons (Fsp3) is 0.280. The minimum Gasteiger partial charge on any atom is -0.493 e. The van der Waals surface area contributed by atoms with Crippen LogP contribution in [0, 0.1) is 20.8 Å². The van der Waals surface area contributed by atoms with Gasteiger partial charge in [0.1, 0.15) is 0 Å². The molecule has 0 unspecified atom stereocenters. The number of esters is 1. The monoisotopic (exact) mass is 480 g/mol. The van der Waals surface area contributed by atoms with Gasteiger partial charge in [0.2, 0.25) is 5.91 Å². The summed E-state index contributed by atoms with van der Waals surface area (Å²) < 4.78 is 17.4. The Morgan fingerprint density at radius 3 is 2.17 bits per heavy atom. The lowest BCUT2D eigenvalue weighted by Crippen LogP contribution is -2.22. The number of nitrogens with zero attached hydrogens (tertiary/aromatic N) is 2. The normalized spacial score (nSPS) is 10.5. The summed E-state index contributed by atoms with van der Waals surface area (Å²) in [6, 6.07) is 10.7. The van der Waals surface area contributed by atoms with E-state index >= 15 is 0 Å². The van der Waals surface area contributed by atoms with Crippen molar-refractivity contribution >= 4 is 29.2 Å². The van der Waals surface area contributed by atoms with E-state index in [4.69, 9.17) is 14.2 Å². The third-order valence-corrected chi connectivity index (χ3v) is 5.22. The second-order valence-corrected chi connectivity index (χ2v) is 7.85. The number of methoxy groups -OCH3 is 2. The summed E-state index contributed by atoms with van der Waals surface area (Å²) in [5.41, 5.74) is 4.08. The standard InChI is InChI=1S/C25H28N4O6/c1-14-7-9-18(10-8-14)29-16(3)24(15(2)28-29)27-23(31)13-35-25(32)19-11-21(33-5)22(34-6)12-20(19)26-17(4)30/h7-12H,13H2,1-6H3,(H,26,30)(H,27,31). The van der Waals surface area contributed by atoms with E-state index in [1.165, 1.54) is 33.3 Å². The molecule has 0 fully saturated rings. The first kappa shape index (κ1) is 25.3. The molecule has 0 atom stereocenters. The van der Waals surface area contributed by atoms with Crippen molar-refractivity contribution in [3.8, 4) is 17.2 Å². The number of nitrogens with one attached hydrogen (secondary N) is 2. The van der Waals surface area contributed by atoms with Gasteiger partial charge in [-0.3, -0.25) is 9.59 Å². The SMILES string of the molecule is COc1cc(NC(C)=O)c(C(=O)OCC(=O)Nc2c(C)nn(-c3ccc(C)cc3)c2C)cc1OC. The van der Waals surface area contributed by atoms with Gasteiger partial charge in [-0.15, -0.1) is 0 Å². The zero-order valence-corrected chi connectivity index (χ0v) is 20.5. The van der Waals surface area contributed by atoms with Gasteiger partial charge in [-0.1, -0.05) is 17.7 Å². The smallest absolute Gasteiger partial charge is 0.340 e. The highest BCUT2D eigenvalue weighted by Gasteiger charge is 2.21. The minimum atomic E-state index is -0.811. The van der Waals surface area contributed by atoms with Crippen LogP contribution in [-0.4, -0.2) is 48.4 Å². The molecule has 35 heavy (non-hydrogen) atoms. The predicted molar refractivity (Wildman–Crippen MR) is 131 cm³/mol. The number of carbonyl (C=O) groups is 3. The fourth-order valence-corrected chi connectivity index (χ4v) is 3.49. The van der Waals surface area contributed by atoms with Gasteiger partial charge in [-0.05, 0) is 32.9 Å². The molecule has 0 aliphatic rings. The van der Waals surface area contributed by atoms with E-state index in [0.717, 1.165) is 16.9 Å². The van der Waals surface area contributed by atoms with E-state index in [2.05, 4.69) is 15.7 Å². The molecule has 10 heteroatoms. The van der Waals surface area contributed by atoms with Crippen molar-refractivity contribution in [2.24, 2.45) is 0 Å². The van der Waals surface area contributed by atoms with Crippen LogP contribution in [0.25, 0.3) is 5.69 Å². The number of benzene rings is 2. The summed E-state index contributed by atoms with van der Waals surface area (Å²) >= 11 is 0. The second-order valence-electron chi connectivity index (χ2n) is 7.85. The Morgan fingerprint density at radius 1 is 0.943 bits per heavy atom. The average molecular weight is 481 g/mol. The summed E-state index contributed by atoms with van der Waals surface area (Å²) in [6.07, 6.45) is 0. The van der Waals surface area contributed by atoms with E-state index in [1.54, 1.807) is 11.6 Å². The number of hydrogen-bond donors (Lipinski definition) is 2. The molecule has 2 aromatic carbocycles. The van der Waals surface area contributed by atoms with Crippen LogP contribution in [0.4, 0.5) is 11.4 Å². The number of aryl methyl sites for hydroxylation is 2. The number of carbonyl (C=O) groups excluding carboxylic acids is 3. The number of amides is 2. The molecule has 0 saturated carbocycles. The summed E-state index contributed by atoms with van der Waals surface area (Å²) in [5.74, 6) is -1.14. The van der Waals surface area contributed by atoms with E-state index in [9.17, 15) is 14.4 Å². The molecule has 0 spiro atoms. The van der Waals surface area contributed by atoms with Gasteiger partial charge in [0.25, 0.3) is 5.91 Å². The molecular formula is C25H28N4O6. The van der Waals surface area contributed by atoms with Crippen molar-refractivity contribution in [2.45, 2.75) is 27.7 Å². The van der Waals surface area contributed by atoms with Crippen molar-refractivity contribution in [2.75, 3.05) is 31.5 Å². The predicted octanol–water partition coefficient (Wildman–Crippen LogP) is 3.57. The van der Waals surface area contributed by atoms with Crippen molar-refractivity contribution in [1.29, 1.82) is 0 Å². The third kappa shape index (κ3) is 5.78.